The lowest BCUT2D eigenvalue weighted by molar-refractivity contribution is -0.146. The summed E-state index contributed by atoms with van der Waals surface area (Å²) in [5, 5.41) is 11.7. The predicted molar refractivity (Wildman–Crippen MR) is 81.0 cm³/mol. The van der Waals surface area contributed by atoms with Gasteiger partial charge >= 0.3 is 5.97 Å². The number of aliphatic carboxylic acids is 1. The fourth-order valence-electron chi connectivity index (χ4n) is 2.70. The van der Waals surface area contributed by atoms with Crippen molar-refractivity contribution < 1.29 is 14.7 Å². The van der Waals surface area contributed by atoms with Crippen molar-refractivity contribution in [3.05, 3.63) is 35.9 Å². The van der Waals surface area contributed by atoms with Gasteiger partial charge in [0.25, 0.3) is 0 Å². The molecule has 4 heteroatoms. The molecule has 1 saturated carbocycles. The molecule has 0 spiro atoms. The topological polar surface area (TPSA) is 66.4 Å². The third-order valence-electron chi connectivity index (χ3n) is 4.38. The zero-order chi connectivity index (χ0) is 15.5. The van der Waals surface area contributed by atoms with Crippen LogP contribution in [0.15, 0.2) is 30.3 Å². The van der Waals surface area contributed by atoms with E-state index in [0.29, 0.717) is 19.3 Å². The highest BCUT2D eigenvalue weighted by Gasteiger charge is 2.35. The second-order valence-electron chi connectivity index (χ2n) is 6.52. The second kappa shape index (κ2) is 6.29. The summed E-state index contributed by atoms with van der Waals surface area (Å²) in [4.78, 5) is 22.7. The van der Waals surface area contributed by atoms with Gasteiger partial charge in [0.05, 0.1) is 5.92 Å². The third kappa shape index (κ3) is 4.06. The molecule has 1 aromatic rings. The Labute approximate surface area is 125 Å². The van der Waals surface area contributed by atoms with Crippen molar-refractivity contribution in [2.24, 2.45) is 5.92 Å². The van der Waals surface area contributed by atoms with Crippen molar-refractivity contribution >= 4 is 11.9 Å². The highest BCUT2D eigenvalue weighted by molar-refractivity contribution is 5.77. The van der Waals surface area contributed by atoms with E-state index < -0.39 is 5.97 Å². The van der Waals surface area contributed by atoms with Gasteiger partial charge in [-0.3, -0.25) is 9.59 Å². The largest absolute Gasteiger partial charge is 0.481 e. The first-order valence-electron chi connectivity index (χ1n) is 7.46. The molecule has 1 aliphatic rings. The Morgan fingerprint density at radius 2 is 1.86 bits per heavy atom. The molecule has 0 bridgehead atoms. The quantitative estimate of drug-likeness (QED) is 0.846. The smallest absolute Gasteiger partial charge is 0.306 e. The van der Waals surface area contributed by atoms with Gasteiger partial charge in [-0.2, -0.15) is 0 Å². The van der Waals surface area contributed by atoms with E-state index in [0.717, 1.165) is 6.42 Å². The van der Waals surface area contributed by atoms with Crippen LogP contribution < -0.4 is 5.32 Å². The van der Waals surface area contributed by atoms with Crippen LogP contribution in [-0.2, 0) is 15.0 Å². The molecule has 1 aromatic carbocycles. The molecule has 0 heterocycles. The normalized spacial score (nSPS) is 21.4. The summed E-state index contributed by atoms with van der Waals surface area (Å²) in [5.41, 5.74) is 1.19. The molecule has 4 nitrogen and oxygen atoms in total. The van der Waals surface area contributed by atoms with Gasteiger partial charge in [0, 0.05) is 12.5 Å². The molecule has 0 aliphatic heterocycles. The monoisotopic (exact) mass is 289 g/mol. The van der Waals surface area contributed by atoms with Gasteiger partial charge in [0.2, 0.25) is 5.91 Å². The Kier molecular flexibility index (Phi) is 4.66. The summed E-state index contributed by atoms with van der Waals surface area (Å²) in [5.74, 6) is -1.02. The van der Waals surface area contributed by atoms with E-state index in [9.17, 15) is 9.59 Å². The number of carbonyl (C=O) groups excluding carboxylic acids is 1. The molecule has 0 radical (unpaired) electrons. The number of benzene rings is 1. The number of hydrogen-bond acceptors (Lipinski definition) is 2. The molecular formula is C17H23NO3. The van der Waals surface area contributed by atoms with Crippen molar-refractivity contribution in [2.45, 2.75) is 51.0 Å². The number of carbonyl (C=O) groups is 2. The van der Waals surface area contributed by atoms with Crippen molar-refractivity contribution in [3.63, 3.8) is 0 Å². The fraction of sp³-hybridized carbons (Fsp3) is 0.529. The lowest BCUT2D eigenvalue weighted by Crippen LogP contribution is -2.46. The van der Waals surface area contributed by atoms with E-state index in [1.165, 1.54) is 5.56 Å². The number of rotatable bonds is 6. The van der Waals surface area contributed by atoms with Crippen LogP contribution in [0.4, 0.5) is 0 Å². The van der Waals surface area contributed by atoms with Gasteiger partial charge in [-0.25, -0.2) is 0 Å². The number of carboxylic acid groups (broad SMARTS) is 1. The number of amides is 1. The van der Waals surface area contributed by atoms with Crippen molar-refractivity contribution in [2.75, 3.05) is 0 Å². The lowest BCUT2D eigenvalue weighted by Gasteiger charge is -2.33. The first-order chi connectivity index (χ1) is 9.88. The van der Waals surface area contributed by atoms with E-state index in [-0.39, 0.29) is 23.3 Å². The summed E-state index contributed by atoms with van der Waals surface area (Å²) in [6.45, 7) is 4.28. The van der Waals surface area contributed by atoms with Crippen LogP contribution >= 0.6 is 0 Å². The molecule has 0 atom stereocenters. The van der Waals surface area contributed by atoms with Crippen LogP contribution in [0, 0.1) is 5.92 Å². The average Bonchev–Trinajstić information content (AvgIpc) is 2.41. The molecule has 2 N–H and O–H groups in total. The van der Waals surface area contributed by atoms with Crippen LogP contribution in [0.1, 0.15) is 45.1 Å². The Bertz CT molecular complexity index is 504. The Morgan fingerprint density at radius 3 is 2.43 bits per heavy atom. The maximum Gasteiger partial charge on any atom is 0.306 e. The molecule has 0 unspecified atom stereocenters. The Hall–Kier alpha value is -1.84. The molecule has 114 valence electrons. The highest BCUT2D eigenvalue weighted by atomic mass is 16.4. The molecule has 1 fully saturated rings. The summed E-state index contributed by atoms with van der Waals surface area (Å²) < 4.78 is 0. The fourth-order valence-corrected chi connectivity index (χ4v) is 2.70. The van der Waals surface area contributed by atoms with Crippen LogP contribution in [0.2, 0.25) is 0 Å². The van der Waals surface area contributed by atoms with Crippen molar-refractivity contribution in [1.29, 1.82) is 0 Å². The minimum Gasteiger partial charge on any atom is -0.481 e. The molecular weight excluding hydrogens is 266 g/mol. The minimum absolute atomic E-state index is 0.0212. The van der Waals surface area contributed by atoms with Crippen LogP contribution in [0.3, 0.4) is 0 Å². The zero-order valence-corrected chi connectivity index (χ0v) is 12.6. The van der Waals surface area contributed by atoms with Crippen molar-refractivity contribution in [3.8, 4) is 0 Å². The van der Waals surface area contributed by atoms with Crippen LogP contribution in [0.5, 0.6) is 0 Å². The maximum atomic E-state index is 11.9. The van der Waals surface area contributed by atoms with Gasteiger partial charge in [0.1, 0.15) is 0 Å². The molecule has 21 heavy (non-hydrogen) atoms. The zero-order valence-electron chi connectivity index (χ0n) is 12.6. The van der Waals surface area contributed by atoms with E-state index >= 15 is 0 Å². The Balaban J connectivity index is 1.76. The maximum absolute atomic E-state index is 11.9. The number of carboxylic acids is 1. The van der Waals surface area contributed by atoms with Gasteiger partial charge in [-0.05, 0) is 30.2 Å². The number of hydrogen-bond donors (Lipinski definition) is 2. The minimum atomic E-state index is -0.759. The first kappa shape index (κ1) is 15.5. The average molecular weight is 289 g/mol. The molecule has 1 amide bonds. The first-order valence-corrected chi connectivity index (χ1v) is 7.46. The van der Waals surface area contributed by atoms with E-state index in [1.807, 2.05) is 18.2 Å². The predicted octanol–water partition coefficient (Wildman–Crippen LogP) is 2.72. The summed E-state index contributed by atoms with van der Waals surface area (Å²) in [6, 6.07) is 10.2. The van der Waals surface area contributed by atoms with Crippen LogP contribution in [-0.4, -0.2) is 23.0 Å². The summed E-state index contributed by atoms with van der Waals surface area (Å²) in [6.07, 6.45) is 2.36. The molecule has 2 rings (SSSR count). The molecule has 0 saturated heterocycles. The van der Waals surface area contributed by atoms with Gasteiger partial charge in [0.15, 0.2) is 0 Å². The van der Waals surface area contributed by atoms with Gasteiger partial charge in [-0.1, -0.05) is 44.2 Å². The summed E-state index contributed by atoms with van der Waals surface area (Å²) >= 11 is 0. The van der Waals surface area contributed by atoms with E-state index in [1.54, 1.807) is 0 Å². The number of nitrogens with one attached hydrogen (secondary N) is 1. The SMILES string of the molecule is CC(C)(CCC(=O)NC1CC(C(=O)O)C1)c1ccccc1. The molecule has 0 aromatic heterocycles. The van der Waals surface area contributed by atoms with E-state index in [2.05, 4.69) is 31.3 Å². The molecule has 1 aliphatic carbocycles. The van der Waals surface area contributed by atoms with Gasteiger partial charge in [-0.15, -0.1) is 0 Å². The Morgan fingerprint density at radius 1 is 1.24 bits per heavy atom. The van der Waals surface area contributed by atoms with Crippen molar-refractivity contribution in [1.82, 2.24) is 5.32 Å². The standard InChI is InChI=1S/C17H23NO3/c1-17(2,13-6-4-3-5-7-13)9-8-15(19)18-14-10-12(11-14)16(20)21/h3-7,12,14H,8-11H2,1-2H3,(H,18,19)(H,20,21). The summed E-state index contributed by atoms with van der Waals surface area (Å²) in [7, 11) is 0. The second-order valence-corrected chi connectivity index (χ2v) is 6.52. The third-order valence-corrected chi connectivity index (χ3v) is 4.38. The van der Waals surface area contributed by atoms with E-state index in [4.69, 9.17) is 5.11 Å². The lowest BCUT2D eigenvalue weighted by atomic mass is 9.79. The van der Waals surface area contributed by atoms with Crippen LogP contribution in [0.25, 0.3) is 0 Å². The highest BCUT2D eigenvalue weighted by Crippen LogP contribution is 2.29. The van der Waals surface area contributed by atoms with Gasteiger partial charge < -0.3 is 10.4 Å².